The minimum Gasteiger partial charge on any atom is -0.469 e. The summed E-state index contributed by atoms with van der Waals surface area (Å²) in [6.45, 7) is 6.59. The van der Waals surface area contributed by atoms with Gasteiger partial charge < -0.3 is 19.8 Å². The zero-order chi connectivity index (χ0) is 21.8. The molecule has 4 rings (SSSR count). The fourth-order valence-electron chi connectivity index (χ4n) is 4.07. The molecule has 2 fully saturated rings. The smallest absolute Gasteiger partial charge is 0.191 e. The van der Waals surface area contributed by atoms with Gasteiger partial charge in [0.05, 0.1) is 6.26 Å². The largest absolute Gasteiger partial charge is 0.469 e. The molecular formula is C26H39IN4O2. The number of likely N-dealkylation sites (tertiary alicyclic amines) is 1. The molecule has 2 N–H and O–H groups in total. The molecule has 33 heavy (non-hydrogen) atoms. The number of nitrogens with one attached hydrogen (secondary N) is 2. The molecule has 0 radical (unpaired) electrons. The zero-order valence-corrected chi connectivity index (χ0v) is 21.9. The Balaban J connectivity index is 0.00000306. The van der Waals surface area contributed by atoms with Gasteiger partial charge in [-0.3, -0.25) is 9.89 Å². The SMILES string of the molecule is I.c1ccc(CN2CCC(NC(=NCCCOCC3CC3)NCCc3ccco3)CC2)cc1. The number of aliphatic imine (C=N–C) groups is 1. The Labute approximate surface area is 215 Å². The Bertz CT molecular complexity index is 788. The van der Waals surface area contributed by atoms with Gasteiger partial charge in [0, 0.05) is 58.4 Å². The summed E-state index contributed by atoms with van der Waals surface area (Å²) in [6, 6.07) is 15.2. The molecule has 0 unspecified atom stereocenters. The molecule has 7 heteroatoms. The average Bonchev–Trinajstić information content (AvgIpc) is 3.50. The van der Waals surface area contributed by atoms with E-state index >= 15 is 0 Å². The van der Waals surface area contributed by atoms with Gasteiger partial charge in [0.2, 0.25) is 0 Å². The summed E-state index contributed by atoms with van der Waals surface area (Å²) < 4.78 is 11.2. The second-order valence-electron chi connectivity index (χ2n) is 9.04. The predicted octanol–water partition coefficient (Wildman–Crippen LogP) is 4.46. The van der Waals surface area contributed by atoms with Gasteiger partial charge in [0.25, 0.3) is 0 Å². The van der Waals surface area contributed by atoms with E-state index in [0.29, 0.717) is 6.04 Å². The molecule has 6 nitrogen and oxygen atoms in total. The predicted molar refractivity (Wildman–Crippen MR) is 144 cm³/mol. The molecular weight excluding hydrogens is 527 g/mol. The third kappa shape index (κ3) is 10.1. The van der Waals surface area contributed by atoms with Gasteiger partial charge >= 0.3 is 0 Å². The van der Waals surface area contributed by atoms with Gasteiger partial charge in [-0.25, -0.2) is 0 Å². The summed E-state index contributed by atoms with van der Waals surface area (Å²) >= 11 is 0. The second kappa shape index (κ2) is 14.6. The molecule has 0 spiro atoms. The summed E-state index contributed by atoms with van der Waals surface area (Å²) in [6.07, 6.45) is 8.51. The van der Waals surface area contributed by atoms with E-state index in [0.717, 1.165) is 89.3 Å². The van der Waals surface area contributed by atoms with Gasteiger partial charge in [-0.15, -0.1) is 24.0 Å². The molecule has 1 aromatic heterocycles. The van der Waals surface area contributed by atoms with Crippen LogP contribution in [0.2, 0.25) is 0 Å². The van der Waals surface area contributed by atoms with Crippen molar-refractivity contribution in [1.82, 2.24) is 15.5 Å². The lowest BCUT2D eigenvalue weighted by Crippen LogP contribution is -2.49. The van der Waals surface area contributed by atoms with Crippen LogP contribution in [0.25, 0.3) is 0 Å². The molecule has 2 heterocycles. The number of rotatable bonds is 12. The molecule has 1 saturated heterocycles. The maximum Gasteiger partial charge on any atom is 0.191 e. The van der Waals surface area contributed by atoms with E-state index in [4.69, 9.17) is 14.1 Å². The van der Waals surface area contributed by atoms with Crippen molar-refractivity contribution in [2.24, 2.45) is 10.9 Å². The summed E-state index contributed by atoms with van der Waals surface area (Å²) in [5.41, 5.74) is 1.39. The minimum atomic E-state index is 0. The van der Waals surface area contributed by atoms with Crippen LogP contribution < -0.4 is 10.6 Å². The van der Waals surface area contributed by atoms with Gasteiger partial charge in [-0.1, -0.05) is 30.3 Å². The van der Waals surface area contributed by atoms with Crippen LogP contribution in [0, 0.1) is 5.92 Å². The molecule has 182 valence electrons. The molecule has 1 aromatic carbocycles. The van der Waals surface area contributed by atoms with Crippen molar-refractivity contribution in [3.05, 3.63) is 60.1 Å². The van der Waals surface area contributed by atoms with Crippen LogP contribution in [0.1, 0.15) is 43.4 Å². The first-order valence-corrected chi connectivity index (χ1v) is 12.3. The van der Waals surface area contributed by atoms with E-state index in [1.165, 1.54) is 18.4 Å². The van der Waals surface area contributed by atoms with Crippen LogP contribution in [0.5, 0.6) is 0 Å². The number of ether oxygens (including phenoxy) is 1. The molecule has 1 saturated carbocycles. The summed E-state index contributed by atoms with van der Waals surface area (Å²) in [7, 11) is 0. The van der Waals surface area contributed by atoms with Crippen molar-refractivity contribution in [2.45, 2.75) is 51.1 Å². The number of hydrogen-bond donors (Lipinski definition) is 2. The highest BCUT2D eigenvalue weighted by atomic mass is 127. The number of halogens is 1. The van der Waals surface area contributed by atoms with Crippen molar-refractivity contribution in [3.8, 4) is 0 Å². The van der Waals surface area contributed by atoms with E-state index in [-0.39, 0.29) is 24.0 Å². The number of benzene rings is 1. The van der Waals surface area contributed by atoms with E-state index in [1.807, 2.05) is 12.1 Å². The number of piperidine rings is 1. The topological polar surface area (TPSA) is 62.0 Å². The highest BCUT2D eigenvalue weighted by Crippen LogP contribution is 2.28. The van der Waals surface area contributed by atoms with Crippen molar-refractivity contribution in [2.75, 3.05) is 39.4 Å². The third-order valence-corrected chi connectivity index (χ3v) is 6.19. The first-order chi connectivity index (χ1) is 15.8. The first kappa shape index (κ1) is 26.0. The quantitative estimate of drug-likeness (QED) is 0.172. The average molecular weight is 567 g/mol. The normalized spacial score (nSPS) is 17.5. The molecule has 1 aliphatic carbocycles. The van der Waals surface area contributed by atoms with Crippen molar-refractivity contribution >= 4 is 29.9 Å². The second-order valence-corrected chi connectivity index (χ2v) is 9.04. The van der Waals surface area contributed by atoms with Gasteiger partial charge in [0.1, 0.15) is 5.76 Å². The van der Waals surface area contributed by atoms with Gasteiger partial charge in [-0.2, -0.15) is 0 Å². The van der Waals surface area contributed by atoms with Crippen LogP contribution in [0.15, 0.2) is 58.1 Å². The maximum atomic E-state index is 5.75. The highest BCUT2D eigenvalue weighted by molar-refractivity contribution is 14.0. The number of furan rings is 1. The summed E-state index contributed by atoms with van der Waals surface area (Å²) in [5.74, 6) is 2.74. The molecule has 2 aromatic rings. The van der Waals surface area contributed by atoms with Gasteiger partial charge in [-0.05, 0) is 55.7 Å². The summed E-state index contributed by atoms with van der Waals surface area (Å²) in [5, 5.41) is 7.18. The van der Waals surface area contributed by atoms with Crippen LogP contribution >= 0.6 is 24.0 Å². The lowest BCUT2D eigenvalue weighted by atomic mass is 10.0. The summed E-state index contributed by atoms with van der Waals surface area (Å²) in [4.78, 5) is 7.37. The Kier molecular flexibility index (Phi) is 11.5. The third-order valence-electron chi connectivity index (χ3n) is 6.19. The van der Waals surface area contributed by atoms with E-state index in [2.05, 4.69) is 45.9 Å². The lowest BCUT2D eigenvalue weighted by Gasteiger charge is -2.33. The Morgan fingerprint density at radius 1 is 1.06 bits per heavy atom. The number of guanidine groups is 1. The van der Waals surface area contributed by atoms with Gasteiger partial charge in [0.15, 0.2) is 5.96 Å². The van der Waals surface area contributed by atoms with Crippen LogP contribution in [-0.4, -0.2) is 56.3 Å². The number of nitrogens with zero attached hydrogens (tertiary/aromatic N) is 2. The fourth-order valence-corrected chi connectivity index (χ4v) is 4.07. The lowest BCUT2D eigenvalue weighted by molar-refractivity contribution is 0.123. The maximum absolute atomic E-state index is 5.75. The van der Waals surface area contributed by atoms with Crippen molar-refractivity contribution in [1.29, 1.82) is 0 Å². The zero-order valence-electron chi connectivity index (χ0n) is 19.6. The monoisotopic (exact) mass is 566 g/mol. The molecule has 1 aliphatic heterocycles. The van der Waals surface area contributed by atoms with Crippen molar-refractivity contribution < 1.29 is 9.15 Å². The fraction of sp³-hybridized carbons (Fsp3) is 0.577. The molecule has 0 amide bonds. The highest BCUT2D eigenvalue weighted by Gasteiger charge is 2.21. The van der Waals surface area contributed by atoms with Crippen molar-refractivity contribution in [3.63, 3.8) is 0 Å². The van der Waals surface area contributed by atoms with E-state index in [1.54, 1.807) is 6.26 Å². The first-order valence-electron chi connectivity index (χ1n) is 12.3. The Morgan fingerprint density at radius 3 is 2.61 bits per heavy atom. The Morgan fingerprint density at radius 2 is 1.88 bits per heavy atom. The Hall–Kier alpha value is -1.58. The van der Waals surface area contributed by atoms with Crippen LogP contribution in [0.3, 0.4) is 0 Å². The number of hydrogen-bond acceptors (Lipinski definition) is 4. The molecule has 0 atom stereocenters. The van der Waals surface area contributed by atoms with E-state index < -0.39 is 0 Å². The van der Waals surface area contributed by atoms with Crippen LogP contribution in [-0.2, 0) is 17.7 Å². The standard InChI is InChI=1S/C26H38N4O2.HI/c1-2-6-22(7-3-1)20-30-16-12-24(13-17-30)29-26(28-15-11-25-8-4-19-32-25)27-14-5-18-31-21-23-9-10-23;/h1-4,6-8,19,23-24H,5,9-18,20-21H2,(H2,27,28,29);1H. The van der Waals surface area contributed by atoms with Crippen LogP contribution in [0.4, 0.5) is 0 Å². The minimum absolute atomic E-state index is 0. The molecule has 2 aliphatic rings. The van der Waals surface area contributed by atoms with E-state index in [9.17, 15) is 0 Å². The molecule has 0 bridgehead atoms.